The minimum absolute atomic E-state index is 0.0456. The first-order chi connectivity index (χ1) is 19.4. The predicted octanol–water partition coefficient (Wildman–Crippen LogP) is 4.10. The van der Waals surface area contributed by atoms with Crippen molar-refractivity contribution in [3.05, 3.63) is 47.4 Å². The molecular formula is C29H39F3N8O. The van der Waals surface area contributed by atoms with Crippen LogP contribution in [0.4, 0.5) is 29.5 Å². The van der Waals surface area contributed by atoms with Crippen molar-refractivity contribution in [2.75, 3.05) is 75.2 Å². The summed E-state index contributed by atoms with van der Waals surface area (Å²) >= 11 is 0. The quantitative estimate of drug-likeness (QED) is 0.500. The Bertz CT molecular complexity index is 1170. The Labute approximate surface area is 239 Å². The lowest BCUT2D eigenvalue weighted by Crippen LogP contribution is -2.52. The number of carbonyl (C=O) groups is 1. The van der Waals surface area contributed by atoms with Crippen LogP contribution >= 0.6 is 0 Å². The average Bonchev–Trinajstić information content (AvgIpc) is 2.96. The van der Waals surface area contributed by atoms with Crippen LogP contribution in [0.25, 0.3) is 0 Å². The number of halogens is 3. The minimum atomic E-state index is -4.52. The van der Waals surface area contributed by atoms with Gasteiger partial charge in [-0.2, -0.15) is 18.4 Å². The van der Waals surface area contributed by atoms with Gasteiger partial charge in [0, 0.05) is 76.1 Å². The number of nitrogens with zero attached hydrogens (tertiary/aromatic N) is 7. The van der Waals surface area contributed by atoms with E-state index in [1.807, 2.05) is 54.8 Å². The highest BCUT2D eigenvalue weighted by Gasteiger charge is 2.36. The normalized spacial score (nSPS) is 17.0. The van der Waals surface area contributed by atoms with Crippen LogP contribution in [0.1, 0.15) is 50.7 Å². The van der Waals surface area contributed by atoms with Crippen molar-refractivity contribution in [1.82, 2.24) is 25.1 Å². The summed E-state index contributed by atoms with van der Waals surface area (Å²) < 4.78 is 40.4. The van der Waals surface area contributed by atoms with Crippen LogP contribution in [0.3, 0.4) is 0 Å². The van der Waals surface area contributed by atoms with E-state index < -0.39 is 17.3 Å². The number of rotatable bonds is 7. The van der Waals surface area contributed by atoms with E-state index in [4.69, 9.17) is 5.26 Å². The zero-order chi connectivity index (χ0) is 29.6. The highest BCUT2D eigenvalue weighted by atomic mass is 19.4. The maximum atomic E-state index is 13.5. The molecule has 2 aliphatic rings. The number of aromatic nitrogens is 2. The lowest BCUT2D eigenvalue weighted by atomic mass is 9.95. The molecule has 1 aromatic heterocycles. The van der Waals surface area contributed by atoms with Crippen LogP contribution in [0, 0.1) is 11.3 Å². The number of amides is 2. The number of unbranched alkanes of at least 4 members (excludes halogenated alkanes) is 1. The van der Waals surface area contributed by atoms with Gasteiger partial charge >= 0.3 is 12.2 Å². The van der Waals surface area contributed by atoms with E-state index in [9.17, 15) is 18.0 Å². The third-order valence-corrected chi connectivity index (χ3v) is 7.48. The Balaban J connectivity index is 1.14. The first kappa shape index (κ1) is 30.4. The number of urea groups is 1. The van der Waals surface area contributed by atoms with E-state index in [0.717, 1.165) is 57.3 Å². The largest absolute Gasteiger partial charge is 0.433 e. The predicted molar refractivity (Wildman–Crippen MR) is 152 cm³/mol. The van der Waals surface area contributed by atoms with E-state index in [1.54, 1.807) is 0 Å². The summed E-state index contributed by atoms with van der Waals surface area (Å²) in [5.41, 5.74) is 0.204. The molecule has 222 valence electrons. The fourth-order valence-corrected chi connectivity index (χ4v) is 4.96. The fourth-order valence-electron chi connectivity index (χ4n) is 4.96. The topological polar surface area (TPSA) is 91.6 Å². The van der Waals surface area contributed by atoms with E-state index in [0.29, 0.717) is 44.1 Å². The molecule has 1 aromatic carbocycles. The van der Waals surface area contributed by atoms with Crippen molar-refractivity contribution < 1.29 is 18.0 Å². The Morgan fingerprint density at radius 1 is 0.927 bits per heavy atom. The first-order valence-electron chi connectivity index (χ1n) is 14.2. The molecule has 9 nitrogen and oxygen atoms in total. The summed E-state index contributed by atoms with van der Waals surface area (Å²) in [4.78, 5) is 29.1. The highest BCUT2D eigenvalue weighted by Crippen LogP contribution is 2.32. The van der Waals surface area contributed by atoms with Crippen LogP contribution < -0.4 is 15.1 Å². The van der Waals surface area contributed by atoms with E-state index >= 15 is 0 Å². The molecule has 2 aliphatic heterocycles. The SMILES string of the molecule is CC(C)(C)c1nc(N2CCN(CCCCNC(=O)N3CCN(c4ccc(C#N)cc4)CC3)CC2)cc(C(F)(F)F)n1. The molecule has 0 spiro atoms. The highest BCUT2D eigenvalue weighted by molar-refractivity contribution is 5.74. The summed E-state index contributed by atoms with van der Waals surface area (Å²) in [6, 6.07) is 10.6. The van der Waals surface area contributed by atoms with Crippen molar-refractivity contribution in [1.29, 1.82) is 5.26 Å². The van der Waals surface area contributed by atoms with Crippen molar-refractivity contribution in [2.45, 2.75) is 45.2 Å². The van der Waals surface area contributed by atoms with Gasteiger partial charge < -0.3 is 20.0 Å². The van der Waals surface area contributed by atoms with Crippen molar-refractivity contribution in [3.8, 4) is 6.07 Å². The Kier molecular flexibility index (Phi) is 9.58. The molecule has 2 fully saturated rings. The number of hydrogen-bond donors (Lipinski definition) is 1. The zero-order valence-corrected chi connectivity index (χ0v) is 24.0. The number of benzene rings is 1. The summed E-state index contributed by atoms with van der Waals surface area (Å²) in [5.74, 6) is 0.525. The number of alkyl halides is 3. The average molecular weight is 573 g/mol. The summed E-state index contributed by atoms with van der Waals surface area (Å²) in [6.07, 6.45) is -2.74. The molecule has 2 amide bonds. The second-order valence-corrected chi connectivity index (χ2v) is 11.6. The number of anilines is 2. The summed E-state index contributed by atoms with van der Waals surface area (Å²) in [6.45, 7) is 12.4. The number of carbonyl (C=O) groups excluding carboxylic acids is 1. The van der Waals surface area contributed by atoms with Gasteiger partial charge in [0.15, 0.2) is 0 Å². The van der Waals surface area contributed by atoms with E-state index in [1.165, 1.54) is 0 Å². The number of piperazine rings is 2. The smallest absolute Gasteiger partial charge is 0.368 e. The molecule has 4 rings (SSSR count). The van der Waals surface area contributed by atoms with Gasteiger partial charge in [0.05, 0.1) is 11.6 Å². The van der Waals surface area contributed by atoms with E-state index in [2.05, 4.69) is 31.2 Å². The van der Waals surface area contributed by atoms with Crippen LogP contribution in [-0.2, 0) is 11.6 Å². The monoisotopic (exact) mass is 572 g/mol. The fraction of sp³-hybridized carbons (Fsp3) is 0.586. The summed E-state index contributed by atoms with van der Waals surface area (Å²) in [7, 11) is 0. The first-order valence-corrected chi connectivity index (χ1v) is 14.2. The van der Waals surface area contributed by atoms with Gasteiger partial charge in [0.1, 0.15) is 17.3 Å². The Hall–Kier alpha value is -3.59. The van der Waals surface area contributed by atoms with Crippen LogP contribution in [0.2, 0.25) is 0 Å². The zero-order valence-electron chi connectivity index (χ0n) is 24.0. The van der Waals surface area contributed by atoms with Gasteiger partial charge in [0.2, 0.25) is 0 Å². The Morgan fingerprint density at radius 2 is 1.56 bits per heavy atom. The number of nitriles is 1. The minimum Gasteiger partial charge on any atom is -0.368 e. The molecule has 3 heterocycles. The second-order valence-electron chi connectivity index (χ2n) is 11.6. The standard InChI is InChI=1S/C29H39F3N8O/c1-28(2,3)26-35-24(29(30,31)32)20-25(36-26)39-14-12-37(13-15-39)11-5-4-10-34-27(41)40-18-16-38(17-19-40)23-8-6-22(21-33)7-9-23/h6-9,20H,4-5,10-19H2,1-3H3,(H,34,41). The van der Waals surface area contributed by atoms with Gasteiger partial charge in [-0.25, -0.2) is 14.8 Å². The molecule has 0 radical (unpaired) electrons. The van der Waals surface area contributed by atoms with Gasteiger partial charge in [-0.15, -0.1) is 0 Å². The van der Waals surface area contributed by atoms with Crippen molar-refractivity contribution in [3.63, 3.8) is 0 Å². The number of hydrogen-bond acceptors (Lipinski definition) is 7. The molecule has 0 unspecified atom stereocenters. The number of nitrogens with one attached hydrogen (secondary N) is 1. The van der Waals surface area contributed by atoms with E-state index in [-0.39, 0.29) is 11.9 Å². The molecule has 0 saturated carbocycles. The maximum Gasteiger partial charge on any atom is 0.433 e. The van der Waals surface area contributed by atoms with Crippen molar-refractivity contribution in [2.24, 2.45) is 0 Å². The maximum absolute atomic E-state index is 13.5. The molecule has 0 atom stereocenters. The molecule has 1 N–H and O–H groups in total. The molecule has 2 aromatic rings. The third kappa shape index (κ3) is 8.22. The lowest BCUT2D eigenvalue weighted by molar-refractivity contribution is -0.141. The van der Waals surface area contributed by atoms with Crippen molar-refractivity contribution >= 4 is 17.5 Å². The van der Waals surface area contributed by atoms with Crippen LogP contribution in [0.5, 0.6) is 0 Å². The second kappa shape index (κ2) is 12.9. The molecule has 12 heteroatoms. The van der Waals surface area contributed by atoms with Gasteiger partial charge in [0.25, 0.3) is 0 Å². The molecular weight excluding hydrogens is 533 g/mol. The van der Waals surface area contributed by atoms with Gasteiger partial charge in [-0.1, -0.05) is 20.8 Å². The lowest BCUT2D eigenvalue weighted by Gasteiger charge is -2.36. The van der Waals surface area contributed by atoms with Crippen LogP contribution in [0.15, 0.2) is 30.3 Å². The summed E-state index contributed by atoms with van der Waals surface area (Å²) in [5, 5.41) is 12.0. The third-order valence-electron chi connectivity index (χ3n) is 7.48. The Morgan fingerprint density at radius 3 is 2.15 bits per heavy atom. The van der Waals surface area contributed by atoms with Gasteiger partial charge in [-0.3, -0.25) is 4.90 Å². The van der Waals surface area contributed by atoms with Crippen LogP contribution in [-0.4, -0.2) is 91.2 Å². The van der Waals surface area contributed by atoms with Gasteiger partial charge in [-0.05, 0) is 43.7 Å². The molecule has 0 bridgehead atoms. The molecule has 2 saturated heterocycles. The molecule has 0 aliphatic carbocycles. The molecule has 41 heavy (non-hydrogen) atoms.